The van der Waals surface area contributed by atoms with Gasteiger partial charge >= 0.3 is 0 Å². The van der Waals surface area contributed by atoms with Crippen LogP contribution in [0.1, 0.15) is 0 Å². The molecular weight excluding hydrogens is 258 g/mol. The third-order valence-electron chi connectivity index (χ3n) is 3.30. The van der Waals surface area contributed by atoms with Gasteiger partial charge in [-0.3, -0.25) is 0 Å². The second-order valence-electron chi connectivity index (χ2n) is 4.59. The minimum absolute atomic E-state index is 0.219. The number of para-hydroxylation sites is 1. The van der Waals surface area contributed by atoms with Crippen LogP contribution in [-0.2, 0) is 6.54 Å². The number of nitrogens with one attached hydrogen (secondary N) is 1. The molecule has 20 heavy (non-hydrogen) atoms. The van der Waals surface area contributed by atoms with E-state index in [9.17, 15) is 8.78 Å². The average Bonchev–Trinajstić information content (AvgIpc) is 2.86. The molecule has 0 aliphatic heterocycles. The van der Waals surface area contributed by atoms with Crippen molar-refractivity contribution in [3.8, 4) is 0 Å². The van der Waals surface area contributed by atoms with Gasteiger partial charge in [0.1, 0.15) is 11.6 Å². The zero-order chi connectivity index (χ0) is 13.9. The fourth-order valence-electron chi connectivity index (χ4n) is 2.30. The Kier molecular flexibility index (Phi) is 3.37. The van der Waals surface area contributed by atoms with E-state index < -0.39 is 0 Å². The molecule has 1 heterocycles. The van der Waals surface area contributed by atoms with Gasteiger partial charge in [-0.1, -0.05) is 18.2 Å². The Hall–Kier alpha value is -2.36. The number of fused-ring (bicyclic) bond motifs is 1. The Morgan fingerprint density at radius 1 is 0.900 bits per heavy atom. The van der Waals surface area contributed by atoms with E-state index in [0.29, 0.717) is 24.2 Å². The van der Waals surface area contributed by atoms with Crippen LogP contribution in [0.25, 0.3) is 10.9 Å². The van der Waals surface area contributed by atoms with Crippen LogP contribution in [0.5, 0.6) is 0 Å². The third kappa shape index (κ3) is 2.37. The lowest BCUT2D eigenvalue weighted by Crippen LogP contribution is -2.10. The van der Waals surface area contributed by atoms with Gasteiger partial charge in [-0.05, 0) is 30.3 Å². The molecule has 0 saturated heterocycles. The summed E-state index contributed by atoms with van der Waals surface area (Å²) < 4.78 is 29.0. The molecule has 102 valence electrons. The SMILES string of the molecule is Fc1ccccc1NCCn1ccc2c(F)cccc21. The van der Waals surface area contributed by atoms with Gasteiger partial charge in [0.15, 0.2) is 0 Å². The van der Waals surface area contributed by atoms with Gasteiger partial charge in [-0.2, -0.15) is 0 Å². The molecule has 0 spiro atoms. The van der Waals surface area contributed by atoms with Crippen molar-refractivity contribution in [3.63, 3.8) is 0 Å². The Morgan fingerprint density at radius 2 is 1.70 bits per heavy atom. The summed E-state index contributed by atoms with van der Waals surface area (Å²) >= 11 is 0. The summed E-state index contributed by atoms with van der Waals surface area (Å²) in [6.07, 6.45) is 1.84. The van der Waals surface area contributed by atoms with Crippen LogP contribution in [0, 0.1) is 11.6 Å². The predicted molar refractivity (Wildman–Crippen MR) is 76.8 cm³/mol. The summed E-state index contributed by atoms with van der Waals surface area (Å²) in [7, 11) is 0. The first-order valence-corrected chi connectivity index (χ1v) is 6.47. The molecule has 0 saturated carbocycles. The van der Waals surface area contributed by atoms with Crippen LogP contribution < -0.4 is 5.32 Å². The minimum Gasteiger partial charge on any atom is -0.381 e. The summed E-state index contributed by atoms with van der Waals surface area (Å²) in [5, 5.41) is 3.65. The zero-order valence-corrected chi connectivity index (χ0v) is 10.8. The summed E-state index contributed by atoms with van der Waals surface area (Å²) in [6, 6.07) is 13.3. The minimum atomic E-state index is -0.268. The van der Waals surface area contributed by atoms with E-state index in [1.165, 1.54) is 12.1 Å². The molecule has 2 aromatic carbocycles. The molecule has 0 amide bonds. The Bertz CT molecular complexity index is 734. The maximum atomic E-state index is 13.6. The molecule has 3 rings (SSSR count). The second-order valence-corrected chi connectivity index (χ2v) is 4.59. The van der Waals surface area contributed by atoms with Crippen molar-refractivity contribution < 1.29 is 8.78 Å². The lowest BCUT2D eigenvalue weighted by Gasteiger charge is -2.09. The monoisotopic (exact) mass is 272 g/mol. The predicted octanol–water partition coefficient (Wildman–Crippen LogP) is 4.03. The van der Waals surface area contributed by atoms with Crippen LogP contribution in [-0.4, -0.2) is 11.1 Å². The molecule has 0 fully saturated rings. The molecule has 0 bridgehead atoms. The van der Waals surface area contributed by atoms with Crippen molar-refractivity contribution in [2.45, 2.75) is 6.54 Å². The first-order chi connectivity index (χ1) is 9.75. The van der Waals surface area contributed by atoms with Crippen molar-refractivity contribution in [2.75, 3.05) is 11.9 Å². The molecule has 1 N–H and O–H groups in total. The zero-order valence-electron chi connectivity index (χ0n) is 10.8. The first kappa shape index (κ1) is 12.7. The van der Waals surface area contributed by atoms with E-state index in [0.717, 1.165) is 5.52 Å². The van der Waals surface area contributed by atoms with E-state index in [-0.39, 0.29) is 11.6 Å². The molecule has 0 aliphatic rings. The molecule has 1 aromatic heterocycles. The first-order valence-electron chi connectivity index (χ1n) is 6.47. The molecular formula is C16H14F2N2. The van der Waals surface area contributed by atoms with Crippen molar-refractivity contribution >= 4 is 16.6 Å². The van der Waals surface area contributed by atoms with Crippen LogP contribution in [0.4, 0.5) is 14.5 Å². The topological polar surface area (TPSA) is 17.0 Å². The third-order valence-corrected chi connectivity index (χ3v) is 3.30. The maximum absolute atomic E-state index is 13.6. The number of hydrogen-bond acceptors (Lipinski definition) is 1. The smallest absolute Gasteiger partial charge is 0.146 e. The van der Waals surface area contributed by atoms with Gasteiger partial charge in [0.05, 0.1) is 11.2 Å². The van der Waals surface area contributed by atoms with E-state index in [2.05, 4.69) is 5.32 Å². The summed E-state index contributed by atoms with van der Waals surface area (Å²) in [6.45, 7) is 1.21. The van der Waals surface area contributed by atoms with Crippen molar-refractivity contribution in [1.29, 1.82) is 0 Å². The van der Waals surface area contributed by atoms with Gasteiger partial charge in [-0.25, -0.2) is 8.78 Å². The molecule has 2 nitrogen and oxygen atoms in total. The van der Waals surface area contributed by atoms with Gasteiger partial charge in [0.25, 0.3) is 0 Å². The maximum Gasteiger partial charge on any atom is 0.146 e. The van der Waals surface area contributed by atoms with Crippen molar-refractivity contribution in [3.05, 3.63) is 66.4 Å². The number of aromatic nitrogens is 1. The Balaban J connectivity index is 1.72. The normalized spacial score (nSPS) is 10.9. The standard InChI is InChI=1S/C16H14F2N2/c17-13-5-3-7-16-12(13)8-10-20(16)11-9-19-15-6-2-1-4-14(15)18/h1-8,10,19H,9,11H2. The molecule has 4 heteroatoms. The molecule has 3 aromatic rings. The fraction of sp³-hybridized carbons (Fsp3) is 0.125. The highest BCUT2D eigenvalue weighted by Crippen LogP contribution is 2.19. The molecule has 0 unspecified atom stereocenters. The number of nitrogens with zero attached hydrogens (tertiary/aromatic N) is 1. The Morgan fingerprint density at radius 3 is 2.55 bits per heavy atom. The highest BCUT2D eigenvalue weighted by Gasteiger charge is 2.05. The van der Waals surface area contributed by atoms with E-state index in [4.69, 9.17) is 0 Å². The van der Waals surface area contributed by atoms with Gasteiger partial charge in [0.2, 0.25) is 0 Å². The van der Waals surface area contributed by atoms with Crippen LogP contribution in [0.3, 0.4) is 0 Å². The van der Waals surface area contributed by atoms with Gasteiger partial charge < -0.3 is 9.88 Å². The largest absolute Gasteiger partial charge is 0.381 e. The van der Waals surface area contributed by atoms with Crippen molar-refractivity contribution in [1.82, 2.24) is 4.57 Å². The molecule has 0 atom stereocenters. The molecule has 0 radical (unpaired) electrons. The number of anilines is 1. The highest BCUT2D eigenvalue weighted by molar-refractivity contribution is 5.80. The van der Waals surface area contributed by atoms with E-state index >= 15 is 0 Å². The van der Waals surface area contributed by atoms with Crippen LogP contribution >= 0.6 is 0 Å². The number of hydrogen-bond donors (Lipinski definition) is 1. The fourth-order valence-corrected chi connectivity index (χ4v) is 2.30. The van der Waals surface area contributed by atoms with Crippen molar-refractivity contribution in [2.24, 2.45) is 0 Å². The van der Waals surface area contributed by atoms with E-state index in [1.807, 2.05) is 16.8 Å². The molecule has 0 aliphatic carbocycles. The summed E-state index contributed by atoms with van der Waals surface area (Å²) in [5.41, 5.74) is 1.33. The Labute approximate surface area is 115 Å². The summed E-state index contributed by atoms with van der Waals surface area (Å²) in [4.78, 5) is 0. The van der Waals surface area contributed by atoms with Gasteiger partial charge in [-0.15, -0.1) is 0 Å². The van der Waals surface area contributed by atoms with E-state index in [1.54, 1.807) is 30.3 Å². The number of rotatable bonds is 4. The lowest BCUT2D eigenvalue weighted by molar-refractivity contribution is 0.628. The number of halogens is 2. The average molecular weight is 272 g/mol. The number of benzene rings is 2. The highest BCUT2D eigenvalue weighted by atomic mass is 19.1. The quantitative estimate of drug-likeness (QED) is 0.758. The van der Waals surface area contributed by atoms with Gasteiger partial charge in [0, 0.05) is 24.7 Å². The lowest BCUT2D eigenvalue weighted by atomic mass is 10.2. The van der Waals surface area contributed by atoms with Crippen LogP contribution in [0.15, 0.2) is 54.7 Å². The van der Waals surface area contributed by atoms with Crippen LogP contribution in [0.2, 0.25) is 0 Å². The second kappa shape index (κ2) is 5.33. The summed E-state index contributed by atoms with van der Waals surface area (Å²) in [5.74, 6) is -0.487.